The molecule has 0 amide bonds. The van der Waals surface area contributed by atoms with E-state index in [1.807, 2.05) is 0 Å². The van der Waals surface area contributed by atoms with Crippen LogP contribution in [-0.2, 0) is 4.74 Å². The van der Waals surface area contributed by atoms with Crippen LogP contribution in [0.3, 0.4) is 0 Å². The Morgan fingerprint density at radius 2 is 2.00 bits per heavy atom. The fourth-order valence-electron chi connectivity index (χ4n) is 2.49. The van der Waals surface area contributed by atoms with E-state index in [2.05, 4.69) is 4.98 Å². The number of ether oxygens (including phenoxy) is 1. The lowest BCUT2D eigenvalue weighted by Gasteiger charge is -2.23. The highest BCUT2D eigenvalue weighted by Gasteiger charge is 2.20. The molecule has 2 aromatic rings. The molecule has 0 saturated carbocycles. The van der Waals surface area contributed by atoms with Crippen molar-refractivity contribution in [2.75, 3.05) is 13.2 Å². The van der Waals surface area contributed by atoms with Gasteiger partial charge in [-0.25, -0.2) is 9.18 Å². The van der Waals surface area contributed by atoms with Gasteiger partial charge in [-0.05, 0) is 25.0 Å². The van der Waals surface area contributed by atoms with E-state index in [0.717, 1.165) is 0 Å². The van der Waals surface area contributed by atoms with E-state index in [0.29, 0.717) is 26.1 Å². The van der Waals surface area contributed by atoms with E-state index in [9.17, 15) is 14.0 Å². The highest BCUT2D eigenvalue weighted by atomic mass is 19.1. The van der Waals surface area contributed by atoms with Crippen LogP contribution in [0.2, 0.25) is 0 Å². The SMILES string of the molecule is O=c1[nH]c2c(F)cccc2c(=O)n1C1CCOCC1. The van der Waals surface area contributed by atoms with Gasteiger partial charge in [0, 0.05) is 19.3 Å². The number of H-pyrrole nitrogens is 1. The van der Waals surface area contributed by atoms with Gasteiger partial charge in [0.05, 0.1) is 10.9 Å². The van der Waals surface area contributed by atoms with Crippen LogP contribution < -0.4 is 11.2 Å². The van der Waals surface area contributed by atoms with E-state index in [4.69, 9.17) is 4.74 Å². The number of aromatic nitrogens is 2. The molecular weight excluding hydrogens is 251 g/mol. The monoisotopic (exact) mass is 264 g/mol. The second-order valence-corrected chi connectivity index (χ2v) is 4.61. The molecule has 1 N–H and O–H groups in total. The standard InChI is InChI=1S/C13H13FN2O3/c14-10-3-1-2-9-11(10)15-13(18)16(12(9)17)8-4-6-19-7-5-8/h1-3,8H,4-7H2,(H,15,18). The summed E-state index contributed by atoms with van der Waals surface area (Å²) in [4.78, 5) is 26.8. The number of hydrogen-bond acceptors (Lipinski definition) is 3. The number of rotatable bonds is 1. The van der Waals surface area contributed by atoms with Gasteiger partial charge in [0.15, 0.2) is 0 Å². The summed E-state index contributed by atoms with van der Waals surface area (Å²) in [5.41, 5.74) is -1.03. The van der Waals surface area contributed by atoms with Crippen molar-refractivity contribution in [3.8, 4) is 0 Å². The van der Waals surface area contributed by atoms with Crippen LogP contribution in [0.5, 0.6) is 0 Å². The van der Waals surface area contributed by atoms with E-state index in [1.165, 1.54) is 22.8 Å². The maximum absolute atomic E-state index is 13.6. The first-order valence-corrected chi connectivity index (χ1v) is 6.19. The first kappa shape index (κ1) is 12.1. The second kappa shape index (κ2) is 4.62. The molecule has 0 aliphatic carbocycles. The molecule has 1 aliphatic heterocycles. The third-order valence-corrected chi connectivity index (χ3v) is 3.47. The Morgan fingerprint density at radius 3 is 2.74 bits per heavy atom. The van der Waals surface area contributed by atoms with Gasteiger partial charge in [-0.3, -0.25) is 9.36 Å². The Morgan fingerprint density at radius 1 is 1.26 bits per heavy atom. The predicted octanol–water partition coefficient (Wildman–Crippen LogP) is 1.18. The Kier molecular flexibility index (Phi) is 2.94. The van der Waals surface area contributed by atoms with Crippen LogP contribution in [0.1, 0.15) is 18.9 Å². The van der Waals surface area contributed by atoms with Crippen LogP contribution in [-0.4, -0.2) is 22.8 Å². The quantitative estimate of drug-likeness (QED) is 0.841. The first-order valence-electron chi connectivity index (χ1n) is 6.19. The molecule has 0 atom stereocenters. The van der Waals surface area contributed by atoms with Crippen molar-refractivity contribution >= 4 is 10.9 Å². The molecule has 0 unspecified atom stereocenters. The Bertz CT molecular complexity index is 729. The lowest BCUT2D eigenvalue weighted by atomic mass is 10.1. The normalized spacial score (nSPS) is 16.9. The zero-order chi connectivity index (χ0) is 13.4. The highest BCUT2D eigenvalue weighted by molar-refractivity contribution is 5.77. The van der Waals surface area contributed by atoms with Crippen molar-refractivity contribution < 1.29 is 9.13 Å². The molecule has 19 heavy (non-hydrogen) atoms. The summed E-state index contributed by atoms with van der Waals surface area (Å²) in [7, 11) is 0. The fourth-order valence-corrected chi connectivity index (χ4v) is 2.49. The largest absolute Gasteiger partial charge is 0.381 e. The number of para-hydroxylation sites is 1. The van der Waals surface area contributed by atoms with Crippen molar-refractivity contribution in [2.24, 2.45) is 0 Å². The van der Waals surface area contributed by atoms with Crippen molar-refractivity contribution in [1.29, 1.82) is 0 Å². The molecule has 2 heterocycles. The molecule has 1 aromatic heterocycles. The maximum Gasteiger partial charge on any atom is 0.329 e. The smallest absolute Gasteiger partial charge is 0.329 e. The van der Waals surface area contributed by atoms with Gasteiger partial charge in [0.1, 0.15) is 5.82 Å². The Balaban J connectivity index is 2.26. The molecule has 0 bridgehead atoms. The van der Waals surface area contributed by atoms with E-state index >= 15 is 0 Å². The molecule has 5 nitrogen and oxygen atoms in total. The van der Waals surface area contributed by atoms with Crippen molar-refractivity contribution in [1.82, 2.24) is 9.55 Å². The van der Waals surface area contributed by atoms with Gasteiger partial charge in [-0.1, -0.05) is 6.07 Å². The molecule has 1 fully saturated rings. The molecule has 100 valence electrons. The number of benzene rings is 1. The molecule has 3 rings (SSSR count). The number of aromatic amines is 1. The highest BCUT2D eigenvalue weighted by Crippen LogP contribution is 2.18. The number of fused-ring (bicyclic) bond motifs is 1. The average molecular weight is 264 g/mol. The summed E-state index contributed by atoms with van der Waals surface area (Å²) in [5, 5.41) is 0.200. The maximum atomic E-state index is 13.6. The molecule has 0 radical (unpaired) electrons. The van der Waals surface area contributed by atoms with E-state index < -0.39 is 17.1 Å². The van der Waals surface area contributed by atoms with Crippen LogP contribution >= 0.6 is 0 Å². The second-order valence-electron chi connectivity index (χ2n) is 4.61. The Hall–Kier alpha value is -1.95. The summed E-state index contributed by atoms with van der Waals surface area (Å²) >= 11 is 0. The third-order valence-electron chi connectivity index (χ3n) is 3.47. The van der Waals surface area contributed by atoms with Gasteiger partial charge in [-0.2, -0.15) is 0 Å². The molecule has 1 aliphatic rings. The molecule has 1 saturated heterocycles. The van der Waals surface area contributed by atoms with Gasteiger partial charge in [-0.15, -0.1) is 0 Å². The summed E-state index contributed by atoms with van der Waals surface area (Å²) in [5.74, 6) is -0.592. The van der Waals surface area contributed by atoms with Crippen molar-refractivity contribution in [2.45, 2.75) is 18.9 Å². The minimum absolute atomic E-state index is 0.0270. The van der Waals surface area contributed by atoms with Gasteiger partial charge < -0.3 is 9.72 Å². The van der Waals surface area contributed by atoms with Crippen LogP contribution in [0.25, 0.3) is 10.9 Å². The number of hydrogen-bond donors (Lipinski definition) is 1. The fraction of sp³-hybridized carbons (Fsp3) is 0.385. The summed E-state index contributed by atoms with van der Waals surface area (Å²) in [6, 6.07) is 4.02. The third kappa shape index (κ3) is 1.98. The topological polar surface area (TPSA) is 64.1 Å². The lowest BCUT2D eigenvalue weighted by molar-refractivity contribution is 0.0676. The summed E-state index contributed by atoms with van der Waals surface area (Å²) < 4.78 is 20.0. The minimum atomic E-state index is -0.592. The van der Waals surface area contributed by atoms with Gasteiger partial charge >= 0.3 is 5.69 Å². The minimum Gasteiger partial charge on any atom is -0.381 e. The number of nitrogens with zero attached hydrogens (tertiary/aromatic N) is 1. The van der Waals surface area contributed by atoms with Gasteiger partial charge in [0.2, 0.25) is 0 Å². The van der Waals surface area contributed by atoms with E-state index in [-0.39, 0.29) is 16.9 Å². The van der Waals surface area contributed by atoms with Crippen molar-refractivity contribution in [3.05, 3.63) is 44.9 Å². The van der Waals surface area contributed by atoms with Crippen molar-refractivity contribution in [3.63, 3.8) is 0 Å². The zero-order valence-electron chi connectivity index (χ0n) is 10.2. The predicted molar refractivity (Wildman–Crippen MR) is 67.9 cm³/mol. The lowest BCUT2D eigenvalue weighted by Crippen LogP contribution is -2.40. The van der Waals surface area contributed by atoms with Gasteiger partial charge in [0.25, 0.3) is 5.56 Å². The van der Waals surface area contributed by atoms with Crippen LogP contribution in [0.15, 0.2) is 27.8 Å². The Labute approximate surface area is 107 Å². The molecule has 1 aromatic carbocycles. The summed E-state index contributed by atoms with van der Waals surface area (Å²) in [6.07, 6.45) is 1.23. The number of halogens is 1. The van der Waals surface area contributed by atoms with Crippen LogP contribution in [0, 0.1) is 5.82 Å². The van der Waals surface area contributed by atoms with Crippen LogP contribution in [0.4, 0.5) is 4.39 Å². The first-order chi connectivity index (χ1) is 9.18. The molecular formula is C13H13FN2O3. The number of nitrogens with one attached hydrogen (secondary N) is 1. The van der Waals surface area contributed by atoms with E-state index in [1.54, 1.807) is 0 Å². The molecule has 0 spiro atoms. The summed E-state index contributed by atoms with van der Waals surface area (Å²) in [6.45, 7) is 1.05. The molecule has 6 heteroatoms. The average Bonchev–Trinajstić information content (AvgIpc) is 2.41. The zero-order valence-corrected chi connectivity index (χ0v) is 10.2.